The minimum Gasteiger partial charge on any atom is -0.493 e. The van der Waals surface area contributed by atoms with Gasteiger partial charge < -0.3 is 20.5 Å². The van der Waals surface area contributed by atoms with Crippen LogP contribution in [-0.4, -0.2) is 41.1 Å². The molecule has 0 bridgehead atoms. The lowest BCUT2D eigenvalue weighted by molar-refractivity contribution is -0.124. The van der Waals surface area contributed by atoms with Crippen molar-refractivity contribution in [3.8, 4) is 11.6 Å². The van der Waals surface area contributed by atoms with Crippen molar-refractivity contribution in [1.29, 1.82) is 0 Å². The van der Waals surface area contributed by atoms with Gasteiger partial charge in [0.05, 0.1) is 5.02 Å². The molecule has 1 saturated carbocycles. The number of nitrogens with zero attached hydrogens (tertiary/aromatic N) is 1. The fourth-order valence-corrected chi connectivity index (χ4v) is 3.49. The quantitative estimate of drug-likeness (QED) is 0.620. The van der Waals surface area contributed by atoms with Crippen LogP contribution in [0.15, 0.2) is 36.4 Å². The molecule has 0 saturated heterocycles. The number of aromatic nitrogens is 1. The topological polar surface area (TPSA) is 101 Å². The van der Waals surface area contributed by atoms with Gasteiger partial charge in [0.25, 0.3) is 11.8 Å². The maximum absolute atomic E-state index is 13.4. The summed E-state index contributed by atoms with van der Waals surface area (Å²) < 4.78 is 18.7. The zero-order valence-corrected chi connectivity index (χ0v) is 17.0. The molecule has 0 spiro atoms. The van der Waals surface area contributed by atoms with Gasteiger partial charge in [-0.15, -0.1) is 0 Å². The van der Waals surface area contributed by atoms with Gasteiger partial charge in [-0.25, -0.2) is 9.37 Å². The van der Waals surface area contributed by atoms with E-state index >= 15 is 0 Å². The van der Waals surface area contributed by atoms with Gasteiger partial charge >= 0.3 is 0 Å². The molecule has 1 fully saturated rings. The summed E-state index contributed by atoms with van der Waals surface area (Å²) in [5, 5.41) is 15.1. The summed E-state index contributed by atoms with van der Waals surface area (Å²) in [5.74, 6) is -0.821. The van der Waals surface area contributed by atoms with Gasteiger partial charge in [-0.2, -0.15) is 0 Å². The van der Waals surface area contributed by atoms with Gasteiger partial charge in [0.2, 0.25) is 5.88 Å². The molecule has 1 aliphatic carbocycles. The van der Waals surface area contributed by atoms with E-state index in [1.807, 2.05) is 0 Å². The highest BCUT2D eigenvalue weighted by atomic mass is 35.5. The minimum atomic E-state index is -0.597. The Kier molecular flexibility index (Phi) is 7.46. The van der Waals surface area contributed by atoms with Crippen molar-refractivity contribution in [1.82, 2.24) is 15.6 Å². The molecular formula is C21H23ClFN3O4. The number of amides is 2. The monoisotopic (exact) mass is 435 g/mol. The highest BCUT2D eigenvalue weighted by Crippen LogP contribution is 2.24. The molecule has 3 rings (SSSR count). The molecule has 7 nitrogen and oxygen atoms in total. The van der Waals surface area contributed by atoms with Crippen LogP contribution in [0.4, 0.5) is 4.39 Å². The average molecular weight is 436 g/mol. The summed E-state index contributed by atoms with van der Waals surface area (Å²) in [6.45, 7) is 0.316. The van der Waals surface area contributed by atoms with Gasteiger partial charge in [-0.1, -0.05) is 17.7 Å². The maximum atomic E-state index is 13.4. The lowest BCUT2D eigenvalue weighted by Gasteiger charge is -2.29. The van der Waals surface area contributed by atoms with E-state index < -0.39 is 5.82 Å². The molecule has 2 amide bonds. The second-order valence-electron chi connectivity index (χ2n) is 7.24. The molecule has 2 aromatic rings. The van der Waals surface area contributed by atoms with Crippen LogP contribution in [-0.2, 0) is 4.79 Å². The molecule has 0 radical (unpaired) electrons. The second kappa shape index (κ2) is 10.2. The van der Waals surface area contributed by atoms with Gasteiger partial charge in [0, 0.05) is 24.7 Å². The van der Waals surface area contributed by atoms with Crippen LogP contribution in [0.25, 0.3) is 0 Å². The number of nitrogens with one attached hydrogen (secondary N) is 2. The number of rotatable bonds is 7. The molecule has 0 atom stereocenters. The van der Waals surface area contributed by atoms with E-state index in [1.54, 1.807) is 12.1 Å². The van der Waals surface area contributed by atoms with Crippen LogP contribution in [0.2, 0.25) is 5.02 Å². The van der Waals surface area contributed by atoms with Crippen molar-refractivity contribution in [2.24, 2.45) is 5.92 Å². The summed E-state index contributed by atoms with van der Waals surface area (Å²) in [6, 6.07) is 8.58. The highest BCUT2D eigenvalue weighted by Gasteiger charge is 2.23. The Morgan fingerprint density at radius 2 is 1.97 bits per heavy atom. The fraction of sp³-hybridized carbons (Fsp3) is 0.381. The summed E-state index contributed by atoms with van der Waals surface area (Å²) in [7, 11) is 0. The zero-order valence-electron chi connectivity index (χ0n) is 16.2. The Balaban J connectivity index is 1.35. The van der Waals surface area contributed by atoms with Crippen LogP contribution in [0.1, 0.15) is 36.2 Å². The first-order chi connectivity index (χ1) is 14.4. The summed E-state index contributed by atoms with van der Waals surface area (Å²) in [5.41, 5.74) is 0.177. The van der Waals surface area contributed by atoms with Crippen LogP contribution in [0, 0.1) is 11.7 Å². The largest absolute Gasteiger partial charge is 0.493 e. The number of halogens is 2. The van der Waals surface area contributed by atoms with E-state index in [2.05, 4.69) is 15.6 Å². The molecule has 1 heterocycles. The van der Waals surface area contributed by atoms with Crippen molar-refractivity contribution in [2.45, 2.75) is 31.7 Å². The molecular weight excluding hydrogens is 413 g/mol. The predicted octanol–water partition coefficient (Wildman–Crippen LogP) is 3.06. The molecule has 30 heavy (non-hydrogen) atoms. The van der Waals surface area contributed by atoms with Crippen molar-refractivity contribution in [2.75, 3.05) is 13.2 Å². The first-order valence-electron chi connectivity index (χ1n) is 9.72. The normalized spacial score (nSPS) is 18.5. The van der Waals surface area contributed by atoms with Gasteiger partial charge in [0.15, 0.2) is 6.61 Å². The van der Waals surface area contributed by atoms with E-state index in [0.29, 0.717) is 12.5 Å². The maximum Gasteiger partial charge on any atom is 0.270 e. The Labute approximate surface area is 178 Å². The Hall–Kier alpha value is -2.87. The van der Waals surface area contributed by atoms with Crippen molar-refractivity contribution in [3.05, 3.63) is 52.9 Å². The summed E-state index contributed by atoms with van der Waals surface area (Å²) in [4.78, 5) is 28.0. The lowest BCUT2D eigenvalue weighted by Crippen LogP contribution is -2.41. The third kappa shape index (κ3) is 6.32. The number of benzene rings is 1. The van der Waals surface area contributed by atoms with Crippen molar-refractivity contribution >= 4 is 23.4 Å². The third-order valence-corrected chi connectivity index (χ3v) is 5.30. The zero-order chi connectivity index (χ0) is 21.5. The summed E-state index contributed by atoms with van der Waals surface area (Å²) in [6.07, 6.45) is 3.32. The smallest absolute Gasteiger partial charge is 0.270 e. The lowest BCUT2D eigenvalue weighted by atomic mass is 9.86. The number of hydrogen-bond acceptors (Lipinski definition) is 5. The molecule has 1 aromatic carbocycles. The van der Waals surface area contributed by atoms with E-state index in [9.17, 15) is 19.1 Å². The standard InChI is InChI=1S/C21H23ClFN3O4/c22-16-9-8-15(10-17(16)23)30-12-20(28)25-14-6-4-13(5-7-14)11-24-21(29)18-2-1-3-19(27)26-18/h1-3,8-10,13-14H,4-7,11-12H2,(H,24,29)(H,25,28)(H,26,27)/t13-,14-. The SMILES string of the molecule is O=C(COc1ccc(Cl)c(F)c1)N[C@H]1CC[C@H](CNC(=O)c2cccc(O)n2)CC1. The van der Waals surface area contributed by atoms with Crippen LogP contribution in [0.3, 0.4) is 0 Å². The van der Waals surface area contributed by atoms with Crippen LogP contribution in [0.5, 0.6) is 11.6 Å². The number of carbonyl (C=O) groups is 2. The predicted molar refractivity (Wildman–Crippen MR) is 109 cm³/mol. The minimum absolute atomic E-state index is 0.00192. The van der Waals surface area contributed by atoms with Crippen molar-refractivity contribution in [3.63, 3.8) is 0 Å². The van der Waals surface area contributed by atoms with Crippen LogP contribution >= 0.6 is 11.6 Å². The van der Waals surface area contributed by atoms with E-state index in [0.717, 1.165) is 31.7 Å². The molecule has 160 valence electrons. The average Bonchev–Trinajstić information content (AvgIpc) is 2.74. The molecule has 0 aliphatic heterocycles. The number of carbonyl (C=O) groups excluding carboxylic acids is 2. The van der Waals surface area contributed by atoms with Crippen LogP contribution < -0.4 is 15.4 Å². The number of aromatic hydroxyl groups is 1. The molecule has 0 unspecified atom stereocenters. The first-order valence-corrected chi connectivity index (χ1v) is 10.1. The first kappa shape index (κ1) is 21.8. The van der Waals surface area contributed by atoms with E-state index in [4.69, 9.17) is 16.3 Å². The number of hydrogen-bond donors (Lipinski definition) is 3. The van der Waals surface area contributed by atoms with E-state index in [1.165, 1.54) is 18.2 Å². The summed E-state index contributed by atoms with van der Waals surface area (Å²) >= 11 is 5.61. The Bertz CT molecular complexity index is 904. The van der Waals surface area contributed by atoms with E-state index in [-0.39, 0.29) is 46.8 Å². The van der Waals surface area contributed by atoms with Gasteiger partial charge in [0.1, 0.15) is 17.3 Å². The Morgan fingerprint density at radius 3 is 2.67 bits per heavy atom. The van der Waals surface area contributed by atoms with Gasteiger partial charge in [-0.05, 0) is 49.8 Å². The third-order valence-electron chi connectivity index (χ3n) is 4.99. The Morgan fingerprint density at radius 1 is 1.20 bits per heavy atom. The number of pyridine rings is 1. The molecule has 1 aliphatic rings. The fourth-order valence-electron chi connectivity index (χ4n) is 3.37. The number of ether oxygens (including phenoxy) is 1. The highest BCUT2D eigenvalue weighted by molar-refractivity contribution is 6.30. The molecule has 1 aromatic heterocycles. The molecule has 9 heteroatoms. The second-order valence-corrected chi connectivity index (χ2v) is 7.65. The molecule has 3 N–H and O–H groups in total. The van der Waals surface area contributed by atoms with Crippen molar-refractivity contribution < 1.29 is 23.8 Å². The van der Waals surface area contributed by atoms with Gasteiger partial charge in [-0.3, -0.25) is 9.59 Å².